The number of rotatable bonds is 2. The SMILES string of the molecule is CC1CN(C(=O)c2cccc(N3CCCC3=O)c2)CCN1. The quantitative estimate of drug-likeness (QED) is 0.890. The third kappa shape index (κ3) is 2.93. The minimum atomic E-state index is 0.0526. The third-order valence-electron chi connectivity index (χ3n) is 4.13. The van der Waals surface area contributed by atoms with Crippen molar-refractivity contribution in [3.63, 3.8) is 0 Å². The summed E-state index contributed by atoms with van der Waals surface area (Å²) >= 11 is 0. The van der Waals surface area contributed by atoms with Crippen LogP contribution in [0.4, 0.5) is 5.69 Å². The summed E-state index contributed by atoms with van der Waals surface area (Å²) in [5.41, 5.74) is 1.51. The number of nitrogens with one attached hydrogen (secondary N) is 1. The molecule has 0 saturated carbocycles. The molecular weight excluding hydrogens is 266 g/mol. The van der Waals surface area contributed by atoms with Gasteiger partial charge in [0.15, 0.2) is 0 Å². The fourth-order valence-corrected chi connectivity index (χ4v) is 3.03. The molecule has 0 radical (unpaired) electrons. The lowest BCUT2D eigenvalue weighted by Crippen LogP contribution is -2.51. The molecular formula is C16H21N3O2. The number of amides is 2. The summed E-state index contributed by atoms with van der Waals surface area (Å²) in [5, 5.41) is 3.33. The lowest BCUT2D eigenvalue weighted by atomic mass is 10.1. The van der Waals surface area contributed by atoms with Gasteiger partial charge in [0.2, 0.25) is 5.91 Å². The van der Waals surface area contributed by atoms with Crippen molar-refractivity contribution in [3.8, 4) is 0 Å². The molecule has 5 nitrogen and oxygen atoms in total. The zero-order valence-electron chi connectivity index (χ0n) is 12.3. The van der Waals surface area contributed by atoms with Gasteiger partial charge in [-0.15, -0.1) is 0 Å². The van der Waals surface area contributed by atoms with Crippen molar-refractivity contribution < 1.29 is 9.59 Å². The van der Waals surface area contributed by atoms with Crippen molar-refractivity contribution in [3.05, 3.63) is 29.8 Å². The average Bonchev–Trinajstić information content (AvgIpc) is 2.93. The van der Waals surface area contributed by atoms with Crippen LogP contribution < -0.4 is 10.2 Å². The van der Waals surface area contributed by atoms with Gasteiger partial charge in [-0.05, 0) is 31.5 Å². The van der Waals surface area contributed by atoms with Crippen molar-refractivity contribution in [2.24, 2.45) is 0 Å². The van der Waals surface area contributed by atoms with Crippen LogP contribution >= 0.6 is 0 Å². The summed E-state index contributed by atoms with van der Waals surface area (Å²) < 4.78 is 0. The minimum Gasteiger partial charge on any atom is -0.336 e. The molecule has 5 heteroatoms. The highest BCUT2D eigenvalue weighted by Gasteiger charge is 2.24. The lowest BCUT2D eigenvalue weighted by Gasteiger charge is -2.32. The summed E-state index contributed by atoms with van der Waals surface area (Å²) in [6.45, 7) is 5.12. The van der Waals surface area contributed by atoms with Crippen LogP contribution in [0.25, 0.3) is 0 Å². The summed E-state index contributed by atoms with van der Waals surface area (Å²) in [7, 11) is 0. The summed E-state index contributed by atoms with van der Waals surface area (Å²) in [4.78, 5) is 28.1. The van der Waals surface area contributed by atoms with E-state index in [1.807, 2.05) is 29.2 Å². The molecule has 21 heavy (non-hydrogen) atoms. The topological polar surface area (TPSA) is 52.7 Å². The van der Waals surface area contributed by atoms with E-state index in [9.17, 15) is 9.59 Å². The van der Waals surface area contributed by atoms with Crippen LogP contribution in [-0.2, 0) is 4.79 Å². The molecule has 0 aromatic heterocycles. The molecule has 0 spiro atoms. The van der Waals surface area contributed by atoms with Crippen molar-refractivity contribution in [1.82, 2.24) is 10.2 Å². The van der Waals surface area contributed by atoms with Gasteiger partial charge in [0.1, 0.15) is 0 Å². The molecule has 1 unspecified atom stereocenters. The van der Waals surface area contributed by atoms with Crippen LogP contribution in [0.3, 0.4) is 0 Å². The van der Waals surface area contributed by atoms with Crippen molar-refractivity contribution >= 4 is 17.5 Å². The average molecular weight is 287 g/mol. The minimum absolute atomic E-state index is 0.0526. The molecule has 1 atom stereocenters. The van der Waals surface area contributed by atoms with E-state index < -0.39 is 0 Å². The molecule has 2 saturated heterocycles. The Morgan fingerprint density at radius 2 is 2.19 bits per heavy atom. The Kier molecular flexibility index (Phi) is 3.92. The second kappa shape index (κ2) is 5.85. The maximum Gasteiger partial charge on any atom is 0.254 e. The van der Waals surface area contributed by atoms with Gasteiger partial charge in [-0.1, -0.05) is 6.07 Å². The van der Waals surface area contributed by atoms with Crippen LogP contribution in [0.1, 0.15) is 30.1 Å². The van der Waals surface area contributed by atoms with Gasteiger partial charge in [0.05, 0.1) is 0 Å². The number of carbonyl (C=O) groups is 2. The fraction of sp³-hybridized carbons (Fsp3) is 0.500. The third-order valence-corrected chi connectivity index (χ3v) is 4.13. The second-order valence-corrected chi connectivity index (χ2v) is 5.81. The molecule has 2 aliphatic rings. The van der Waals surface area contributed by atoms with E-state index in [0.29, 0.717) is 18.0 Å². The predicted octanol–water partition coefficient (Wildman–Crippen LogP) is 1.25. The number of carbonyl (C=O) groups excluding carboxylic acids is 2. The van der Waals surface area contributed by atoms with E-state index in [1.54, 1.807) is 4.90 Å². The first-order chi connectivity index (χ1) is 10.1. The smallest absolute Gasteiger partial charge is 0.254 e. The molecule has 2 heterocycles. The molecule has 1 aromatic rings. The standard InChI is InChI=1S/C16H21N3O2/c1-12-11-18(9-7-17-12)16(21)13-4-2-5-14(10-13)19-8-3-6-15(19)20/h2,4-5,10,12,17H,3,6-9,11H2,1H3. The zero-order valence-corrected chi connectivity index (χ0v) is 12.3. The van der Waals surface area contributed by atoms with Gasteiger partial charge >= 0.3 is 0 Å². The zero-order chi connectivity index (χ0) is 14.8. The van der Waals surface area contributed by atoms with E-state index in [4.69, 9.17) is 0 Å². The maximum absolute atomic E-state index is 12.6. The highest BCUT2D eigenvalue weighted by molar-refractivity contribution is 5.99. The highest BCUT2D eigenvalue weighted by Crippen LogP contribution is 2.23. The van der Waals surface area contributed by atoms with Gasteiger partial charge in [-0.2, -0.15) is 0 Å². The first kappa shape index (κ1) is 14.1. The summed E-state index contributed by atoms with van der Waals surface area (Å²) in [6.07, 6.45) is 1.50. The van der Waals surface area contributed by atoms with E-state index in [0.717, 1.165) is 38.3 Å². The number of hydrogen-bond donors (Lipinski definition) is 1. The first-order valence-corrected chi connectivity index (χ1v) is 7.58. The van der Waals surface area contributed by atoms with Gasteiger partial charge in [-0.25, -0.2) is 0 Å². The second-order valence-electron chi connectivity index (χ2n) is 5.81. The molecule has 3 rings (SSSR count). The van der Waals surface area contributed by atoms with Crippen molar-refractivity contribution in [2.45, 2.75) is 25.8 Å². The Bertz CT molecular complexity index is 558. The Morgan fingerprint density at radius 1 is 1.33 bits per heavy atom. The van der Waals surface area contributed by atoms with Crippen LogP contribution in [0.5, 0.6) is 0 Å². The summed E-state index contributed by atoms with van der Waals surface area (Å²) in [6, 6.07) is 7.77. The first-order valence-electron chi connectivity index (χ1n) is 7.58. The number of nitrogens with zero attached hydrogens (tertiary/aromatic N) is 2. The van der Waals surface area contributed by atoms with Crippen molar-refractivity contribution in [2.75, 3.05) is 31.1 Å². The van der Waals surface area contributed by atoms with Gasteiger partial charge < -0.3 is 15.1 Å². The van der Waals surface area contributed by atoms with Crippen molar-refractivity contribution in [1.29, 1.82) is 0 Å². The monoisotopic (exact) mass is 287 g/mol. The summed E-state index contributed by atoms with van der Waals surface area (Å²) in [5.74, 6) is 0.201. The molecule has 1 aromatic carbocycles. The predicted molar refractivity (Wildman–Crippen MR) is 81.4 cm³/mol. The van der Waals surface area contributed by atoms with E-state index >= 15 is 0 Å². The Morgan fingerprint density at radius 3 is 2.90 bits per heavy atom. The Hall–Kier alpha value is -1.88. The van der Waals surface area contributed by atoms with Crippen LogP contribution in [0.2, 0.25) is 0 Å². The van der Waals surface area contributed by atoms with Gasteiger partial charge in [0.25, 0.3) is 5.91 Å². The maximum atomic E-state index is 12.6. The highest BCUT2D eigenvalue weighted by atomic mass is 16.2. The molecule has 112 valence electrons. The number of benzene rings is 1. The molecule has 2 amide bonds. The normalized spacial score (nSPS) is 22.7. The van der Waals surface area contributed by atoms with Crippen LogP contribution in [0, 0.1) is 0 Å². The van der Waals surface area contributed by atoms with Gasteiger partial charge in [0, 0.05) is 49.9 Å². The Balaban J connectivity index is 1.79. The number of piperazine rings is 1. The van der Waals surface area contributed by atoms with E-state index in [-0.39, 0.29) is 11.8 Å². The number of anilines is 1. The van der Waals surface area contributed by atoms with Crippen LogP contribution in [0.15, 0.2) is 24.3 Å². The number of hydrogen-bond acceptors (Lipinski definition) is 3. The fourth-order valence-electron chi connectivity index (χ4n) is 3.03. The largest absolute Gasteiger partial charge is 0.336 e. The molecule has 2 fully saturated rings. The lowest BCUT2D eigenvalue weighted by molar-refractivity contribution is -0.117. The van der Waals surface area contributed by atoms with Crippen LogP contribution in [-0.4, -0.2) is 48.9 Å². The van der Waals surface area contributed by atoms with E-state index in [2.05, 4.69) is 12.2 Å². The molecule has 0 bridgehead atoms. The molecule has 1 N–H and O–H groups in total. The molecule has 2 aliphatic heterocycles. The van der Waals surface area contributed by atoms with E-state index in [1.165, 1.54) is 0 Å². The Labute approximate surface area is 124 Å². The molecule has 0 aliphatic carbocycles. The van der Waals surface area contributed by atoms with Gasteiger partial charge in [-0.3, -0.25) is 9.59 Å².